The number of benzene rings is 4. The molecule has 0 heterocycles. The zero-order valence-corrected chi connectivity index (χ0v) is 18.1. The van der Waals surface area contributed by atoms with E-state index >= 15 is 0 Å². The van der Waals surface area contributed by atoms with Crippen molar-refractivity contribution in [1.29, 1.82) is 0 Å². The Bertz CT molecular complexity index is 1070. The molecule has 0 fully saturated rings. The molecule has 0 N–H and O–H groups in total. The molecule has 0 amide bonds. The molecule has 0 saturated carbocycles. The third kappa shape index (κ3) is 5.83. The molecule has 0 aliphatic carbocycles. The van der Waals surface area contributed by atoms with Gasteiger partial charge in [0.15, 0.2) is 14.7 Å². The Hall–Kier alpha value is -2.86. The van der Waals surface area contributed by atoms with E-state index in [0.717, 1.165) is 0 Å². The van der Waals surface area contributed by atoms with E-state index in [1.54, 1.807) is 19.1 Å². The second-order valence-corrected chi connectivity index (χ2v) is 9.84. The third-order valence-electron chi connectivity index (χ3n) is 4.30. The van der Waals surface area contributed by atoms with E-state index in [2.05, 4.69) is 91.0 Å². The molecule has 4 aromatic rings. The molecule has 0 aliphatic rings. The third-order valence-corrected chi connectivity index (χ3v) is 7.53. The highest BCUT2D eigenvalue weighted by molar-refractivity contribution is 7.97. The van der Waals surface area contributed by atoms with Gasteiger partial charge >= 0.3 is 0 Å². The standard InChI is InChI=1S/C18H15S.C7H8O3S/c1-4-10-16(11-5-1)19(17-12-6-2-7-13-17)18-14-8-3-9-15-18;1-6-4-2-3-5-7(6)11(8,9)10/h1-15H;2-5H,1H3,(H,8,9,10)/q+1;/p-1. The van der Waals surface area contributed by atoms with Gasteiger partial charge in [-0.1, -0.05) is 72.8 Å². The summed E-state index contributed by atoms with van der Waals surface area (Å²) in [5.74, 6) is 0. The summed E-state index contributed by atoms with van der Waals surface area (Å²) in [5, 5.41) is 0. The van der Waals surface area contributed by atoms with Crippen molar-refractivity contribution in [2.24, 2.45) is 0 Å². The minimum Gasteiger partial charge on any atom is -0.744 e. The van der Waals surface area contributed by atoms with E-state index in [0.29, 0.717) is 5.56 Å². The molecule has 0 atom stereocenters. The monoisotopic (exact) mass is 434 g/mol. The Kier molecular flexibility index (Phi) is 7.46. The summed E-state index contributed by atoms with van der Waals surface area (Å²) in [6.07, 6.45) is 0. The largest absolute Gasteiger partial charge is 0.744 e. The molecule has 0 aliphatic heterocycles. The van der Waals surface area contributed by atoms with Gasteiger partial charge in [-0.3, -0.25) is 0 Å². The van der Waals surface area contributed by atoms with Crippen LogP contribution in [-0.4, -0.2) is 13.0 Å². The average Bonchev–Trinajstić information content (AvgIpc) is 2.76. The molecule has 0 unspecified atom stereocenters. The van der Waals surface area contributed by atoms with Crippen LogP contribution in [0.4, 0.5) is 0 Å². The van der Waals surface area contributed by atoms with Gasteiger partial charge in [0.25, 0.3) is 0 Å². The van der Waals surface area contributed by atoms with E-state index in [1.165, 1.54) is 26.8 Å². The summed E-state index contributed by atoms with van der Waals surface area (Å²) in [6, 6.07) is 38.3. The summed E-state index contributed by atoms with van der Waals surface area (Å²) >= 11 is 0. The lowest BCUT2D eigenvalue weighted by Gasteiger charge is -2.08. The molecule has 30 heavy (non-hydrogen) atoms. The molecule has 0 bridgehead atoms. The summed E-state index contributed by atoms with van der Waals surface area (Å²) in [4.78, 5) is 3.94. The second-order valence-electron chi connectivity index (χ2n) is 6.46. The van der Waals surface area contributed by atoms with Gasteiger partial charge in [-0.2, -0.15) is 0 Å². The predicted molar refractivity (Wildman–Crippen MR) is 121 cm³/mol. The summed E-state index contributed by atoms with van der Waals surface area (Å²) < 4.78 is 31.5. The molecule has 152 valence electrons. The van der Waals surface area contributed by atoms with Crippen LogP contribution >= 0.6 is 0 Å². The number of rotatable bonds is 4. The summed E-state index contributed by atoms with van der Waals surface area (Å²) in [7, 11) is -4.30. The Labute approximate surface area is 181 Å². The van der Waals surface area contributed by atoms with E-state index < -0.39 is 10.1 Å². The van der Waals surface area contributed by atoms with Gasteiger partial charge in [0, 0.05) is 0 Å². The van der Waals surface area contributed by atoms with Crippen molar-refractivity contribution in [2.45, 2.75) is 26.5 Å². The van der Waals surface area contributed by atoms with Crippen LogP contribution < -0.4 is 0 Å². The summed E-state index contributed by atoms with van der Waals surface area (Å²) in [6.45, 7) is 1.59. The molecule has 0 radical (unpaired) electrons. The van der Waals surface area contributed by atoms with Gasteiger partial charge in [0.1, 0.15) is 10.1 Å². The van der Waals surface area contributed by atoms with Crippen molar-refractivity contribution in [3.05, 3.63) is 121 Å². The topological polar surface area (TPSA) is 57.2 Å². The Morgan fingerprint density at radius 2 is 0.900 bits per heavy atom. The van der Waals surface area contributed by atoms with Crippen LogP contribution in [0.3, 0.4) is 0 Å². The fourth-order valence-corrected chi connectivity index (χ4v) is 5.73. The lowest BCUT2D eigenvalue weighted by molar-refractivity contribution is 0.462. The smallest absolute Gasteiger partial charge is 0.166 e. The molecule has 0 spiro atoms. The molecular weight excluding hydrogens is 412 g/mol. The minimum atomic E-state index is -4.28. The van der Waals surface area contributed by atoms with Crippen LogP contribution in [-0.2, 0) is 21.0 Å². The minimum absolute atomic E-state index is 0.0146. The van der Waals surface area contributed by atoms with Crippen molar-refractivity contribution >= 4 is 21.0 Å². The fourth-order valence-electron chi connectivity index (χ4n) is 2.91. The highest BCUT2D eigenvalue weighted by atomic mass is 32.2. The first-order valence-electron chi connectivity index (χ1n) is 9.38. The van der Waals surface area contributed by atoms with Gasteiger partial charge < -0.3 is 4.55 Å². The van der Waals surface area contributed by atoms with Gasteiger partial charge in [-0.05, 0) is 55.0 Å². The van der Waals surface area contributed by atoms with E-state index in [-0.39, 0.29) is 15.8 Å². The lowest BCUT2D eigenvalue weighted by atomic mass is 10.2. The molecule has 4 aromatic carbocycles. The van der Waals surface area contributed by atoms with Crippen molar-refractivity contribution in [3.8, 4) is 0 Å². The second kappa shape index (κ2) is 10.3. The van der Waals surface area contributed by atoms with Gasteiger partial charge in [0.2, 0.25) is 0 Å². The van der Waals surface area contributed by atoms with Crippen LogP contribution in [0.1, 0.15) is 5.56 Å². The number of hydrogen-bond donors (Lipinski definition) is 0. The first-order valence-corrected chi connectivity index (χ1v) is 12.0. The fraction of sp³-hybridized carbons (Fsp3) is 0.0400. The maximum atomic E-state index is 10.5. The molecule has 0 aromatic heterocycles. The zero-order chi connectivity index (χ0) is 21.4. The van der Waals surface area contributed by atoms with Crippen molar-refractivity contribution < 1.29 is 13.0 Å². The maximum Gasteiger partial charge on any atom is 0.166 e. The molecule has 5 heteroatoms. The number of aryl methyl sites for hydroxylation is 1. The molecule has 3 nitrogen and oxygen atoms in total. The Balaban J connectivity index is 0.000000199. The SMILES string of the molecule is Cc1ccccc1S(=O)(=O)[O-].c1ccc([S+](c2ccccc2)c2ccccc2)cc1. The normalized spacial score (nSPS) is 10.9. The first-order chi connectivity index (χ1) is 14.5. The zero-order valence-electron chi connectivity index (χ0n) is 16.5. The summed E-state index contributed by atoms with van der Waals surface area (Å²) in [5.41, 5.74) is 0.488. The highest BCUT2D eigenvalue weighted by Crippen LogP contribution is 2.30. The average molecular weight is 435 g/mol. The van der Waals surface area contributed by atoms with Gasteiger partial charge in [-0.25, -0.2) is 8.42 Å². The van der Waals surface area contributed by atoms with Crippen molar-refractivity contribution in [2.75, 3.05) is 0 Å². The van der Waals surface area contributed by atoms with Crippen LogP contribution in [0.25, 0.3) is 0 Å². The predicted octanol–water partition coefficient (Wildman–Crippen LogP) is 5.68. The van der Waals surface area contributed by atoms with Crippen molar-refractivity contribution in [3.63, 3.8) is 0 Å². The molecular formula is C25H22O3S2. The Morgan fingerprint density at radius 3 is 1.20 bits per heavy atom. The van der Waals surface area contributed by atoms with Crippen LogP contribution in [0.2, 0.25) is 0 Å². The van der Waals surface area contributed by atoms with Crippen molar-refractivity contribution in [1.82, 2.24) is 0 Å². The first kappa shape index (κ1) is 21.8. The van der Waals surface area contributed by atoms with Crippen LogP contribution in [0.5, 0.6) is 0 Å². The van der Waals surface area contributed by atoms with Gasteiger partial charge in [-0.15, -0.1) is 0 Å². The van der Waals surface area contributed by atoms with Crippen LogP contribution in [0, 0.1) is 6.92 Å². The van der Waals surface area contributed by atoms with E-state index in [4.69, 9.17) is 0 Å². The molecule has 4 rings (SSSR count). The number of hydrogen-bond acceptors (Lipinski definition) is 3. The molecule has 0 saturated heterocycles. The van der Waals surface area contributed by atoms with Crippen LogP contribution in [0.15, 0.2) is 135 Å². The van der Waals surface area contributed by atoms with Gasteiger partial charge in [0.05, 0.1) is 15.8 Å². The Morgan fingerprint density at radius 1 is 0.567 bits per heavy atom. The highest BCUT2D eigenvalue weighted by Gasteiger charge is 2.27. The quantitative estimate of drug-likeness (QED) is 0.307. The lowest BCUT2D eigenvalue weighted by Crippen LogP contribution is -2.04. The van der Waals surface area contributed by atoms with E-state index in [9.17, 15) is 13.0 Å². The van der Waals surface area contributed by atoms with E-state index in [1.807, 2.05) is 0 Å². The maximum absolute atomic E-state index is 10.5.